The number of sulfonamides is 1. The van der Waals surface area contributed by atoms with Crippen molar-refractivity contribution < 1.29 is 13.2 Å². The average Bonchev–Trinajstić information content (AvgIpc) is 3.18. The molecule has 13 nitrogen and oxygen atoms in total. The lowest BCUT2D eigenvalue weighted by Gasteiger charge is -2.22. The van der Waals surface area contributed by atoms with Gasteiger partial charge in [-0.25, -0.2) is 18.2 Å². The Morgan fingerprint density at radius 2 is 1.74 bits per heavy atom. The zero-order valence-electron chi connectivity index (χ0n) is 19.8. The topological polar surface area (TPSA) is 137 Å². The fraction of sp³-hybridized carbons (Fsp3) is 0.550. The maximum absolute atomic E-state index is 13.3. The van der Waals surface area contributed by atoms with Gasteiger partial charge in [0.05, 0.1) is 17.7 Å². The number of hydrogen-bond donors (Lipinski definition) is 0. The lowest BCUT2D eigenvalue weighted by molar-refractivity contribution is -0.131. The second-order valence-electron chi connectivity index (χ2n) is 8.51. The van der Waals surface area contributed by atoms with Crippen LogP contribution in [0, 0.1) is 13.8 Å². The summed E-state index contributed by atoms with van der Waals surface area (Å²) in [4.78, 5) is 43.8. The van der Waals surface area contributed by atoms with Gasteiger partial charge in [-0.3, -0.25) is 23.4 Å². The van der Waals surface area contributed by atoms with E-state index in [9.17, 15) is 22.8 Å². The minimum Gasteiger partial charge on any atom is -0.340 e. The van der Waals surface area contributed by atoms with Gasteiger partial charge in [0.1, 0.15) is 11.4 Å². The summed E-state index contributed by atoms with van der Waals surface area (Å²) in [6, 6.07) is 0. The van der Waals surface area contributed by atoms with E-state index in [0.717, 1.165) is 4.57 Å². The SMILES string of the molecule is Cc1nn(C)c(C)c1S(=O)(=O)N1CCCN(C(=O)Cn2cnc3c2c(=O)n(C)c(=O)n3C)CC1. The molecule has 1 aliphatic heterocycles. The van der Waals surface area contributed by atoms with Crippen LogP contribution in [0.4, 0.5) is 0 Å². The van der Waals surface area contributed by atoms with Crippen molar-refractivity contribution in [3.63, 3.8) is 0 Å². The van der Waals surface area contributed by atoms with Gasteiger partial charge in [0, 0.05) is 47.3 Å². The van der Waals surface area contributed by atoms with Gasteiger partial charge >= 0.3 is 5.69 Å². The Hall–Kier alpha value is -3.26. The van der Waals surface area contributed by atoms with Gasteiger partial charge in [-0.1, -0.05) is 0 Å². The van der Waals surface area contributed by atoms with Crippen molar-refractivity contribution in [1.82, 2.24) is 37.7 Å². The number of carbonyl (C=O) groups is 1. The molecule has 0 atom stereocenters. The van der Waals surface area contributed by atoms with E-state index in [4.69, 9.17) is 0 Å². The highest BCUT2D eigenvalue weighted by Crippen LogP contribution is 2.24. The van der Waals surface area contributed by atoms with E-state index in [-0.39, 0.29) is 48.1 Å². The molecule has 4 rings (SSSR count). The van der Waals surface area contributed by atoms with Crippen molar-refractivity contribution in [2.45, 2.75) is 31.7 Å². The van der Waals surface area contributed by atoms with Crippen LogP contribution in [0.25, 0.3) is 11.2 Å². The average molecular weight is 493 g/mol. The first kappa shape index (κ1) is 23.9. The molecule has 0 bridgehead atoms. The summed E-state index contributed by atoms with van der Waals surface area (Å²) in [6.07, 6.45) is 1.84. The van der Waals surface area contributed by atoms with Crippen LogP contribution in [-0.4, -0.2) is 78.2 Å². The summed E-state index contributed by atoms with van der Waals surface area (Å²) in [5, 5.41) is 4.22. The highest BCUT2D eigenvalue weighted by Gasteiger charge is 2.32. The number of imidazole rings is 1. The van der Waals surface area contributed by atoms with Gasteiger partial charge in [0.25, 0.3) is 5.56 Å². The Bertz CT molecular complexity index is 1510. The van der Waals surface area contributed by atoms with Gasteiger partial charge in [-0.05, 0) is 20.3 Å². The molecule has 0 saturated carbocycles. The first-order chi connectivity index (χ1) is 15.9. The molecule has 4 heterocycles. The Kier molecular flexibility index (Phi) is 5.97. The van der Waals surface area contributed by atoms with Crippen molar-refractivity contribution in [3.05, 3.63) is 38.6 Å². The summed E-state index contributed by atoms with van der Waals surface area (Å²) in [5.74, 6) is -0.261. The first-order valence-corrected chi connectivity index (χ1v) is 12.3. The maximum atomic E-state index is 13.3. The van der Waals surface area contributed by atoms with E-state index < -0.39 is 21.3 Å². The Morgan fingerprint density at radius 3 is 2.38 bits per heavy atom. The van der Waals surface area contributed by atoms with Crippen LogP contribution < -0.4 is 11.2 Å². The molecule has 1 saturated heterocycles. The summed E-state index contributed by atoms with van der Waals surface area (Å²) in [6.45, 7) is 4.30. The smallest absolute Gasteiger partial charge is 0.332 e. The molecular formula is C20H28N8O5S. The molecule has 34 heavy (non-hydrogen) atoms. The summed E-state index contributed by atoms with van der Waals surface area (Å²) >= 11 is 0. The third-order valence-corrected chi connectivity index (χ3v) is 8.52. The third-order valence-electron chi connectivity index (χ3n) is 6.37. The van der Waals surface area contributed by atoms with Gasteiger partial charge in [0.2, 0.25) is 15.9 Å². The molecule has 3 aromatic rings. The monoisotopic (exact) mass is 492 g/mol. The largest absolute Gasteiger partial charge is 0.340 e. The van der Waals surface area contributed by atoms with Crippen molar-refractivity contribution in [1.29, 1.82) is 0 Å². The van der Waals surface area contributed by atoms with Gasteiger partial charge in [-0.15, -0.1) is 0 Å². The number of amides is 1. The van der Waals surface area contributed by atoms with Gasteiger partial charge in [-0.2, -0.15) is 9.40 Å². The van der Waals surface area contributed by atoms with Crippen LogP contribution in [-0.2, 0) is 42.5 Å². The van der Waals surface area contributed by atoms with E-state index in [1.807, 2.05) is 0 Å². The van der Waals surface area contributed by atoms with Crippen LogP contribution in [0.2, 0.25) is 0 Å². The first-order valence-electron chi connectivity index (χ1n) is 10.8. The van der Waals surface area contributed by atoms with Gasteiger partial charge < -0.3 is 9.47 Å². The molecule has 0 aromatic carbocycles. The van der Waals surface area contributed by atoms with Crippen LogP contribution in [0.5, 0.6) is 0 Å². The van der Waals surface area contributed by atoms with E-state index in [1.165, 1.54) is 33.9 Å². The maximum Gasteiger partial charge on any atom is 0.332 e. The molecule has 14 heteroatoms. The second-order valence-corrected chi connectivity index (χ2v) is 10.4. The molecule has 0 unspecified atom stereocenters. The van der Waals surface area contributed by atoms with E-state index in [0.29, 0.717) is 24.4 Å². The fourth-order valence-corrected chi connectivity index (χ4v) is 6.27. The minimum atomic E-state index is -3.75. The number of hydrogen-bond acceptors (Lipinski definition) is 7. The lowest BCUT2D eigenvalue weighted by atomic mass is 10.3. The lowest BCUT2D eigenvalue weighted by Crippen LogP contribution is -2.40. The van der Waals surface area contributed by atoms with Crippen molar-refractivity contribution >= 4 is 27.1 Å². The standard InChI is InChI=1S/C20H28N8O5S/c1-13-17(14(2)25(5)22-13)34(32,33)28-8-6-7-26(9-10-28)15(29)11-27-12-21-18-16(27)19(30)24(4)20(31)23(18)3/h12H,6-11H2,1-5H3. The van der Waals surface area contributed by atoms with E-state index in [1.54, 1.807) is 30.5 Å². The minimum absolute atomic E-state index is 0.141. The molecule has 184 valence electrons. The number of fused-ring (bicyclic) bond motifs is 1. The number of rotatable bonds is 4. The molecule has 0 spiro atoms. The van der Waals surface area contributed by atoms with Crippen LogP contribution >= 0.6 is 0 Å². The quantitative estimate of drug-likeness (QED) is 0.442. The zero-order chi connectivity index (χ0) is 24.9. The van der Waals surface area contributed by atoms with Crippen LogP contribution in [0.3, 0.4) is 0 Å². The number of aryl methyl sites for hydroxylation is 3. The van der Waals surface area contributed by atoms with Crippen molar-refractivity contribution in [3.8, 4) is 0 Å². The second kappa shape index (κ2) is 8.51. The number of aromatic nitrogens is 6. The molecular weight excluding hydrogens is 464 g/mol. The van der Waals surface area contributed by atoms with Gasteiger partial charge in [0.15, 0.2) is 11.2 Å². The Labute approximate surface area is 195 Å². The van der Waals surface area contributed by atoms with E-state index >= 15 is 0 Å². The third kappa shape index (κ3) is 3.76. The Morgan fingerprint density at radius 1 is 1.03 bits per heavy atom. The van der Waals surface area contributed by atoms with Crippen molar-refractivity contribution in [2.24, 2.45) is 21.1 Å². The molecule has 1 amide bonds. The molecule has 1 aliphatic rings. The summed E-state index contributed by atoms with van der Waals surface area (Å²) < 4.78 is 33.2. The fourth-order valence-electron chi connectivity index (χ4n) is 4.40. The molecule has 1 fully saturated rings. The Balaban J connectivity index is 1.54. The predicted molar refractivity (Wildman–Crippen MR) is 123 cm³/mol. The number of carbonyl (C=O) groups excluding carboxylic acids is 1. The summed E-state index contributed by atoms with van der Waals surface area (Å²) in [5.41, 5.74) is 0.356. The predicted octanol–water partition coefficient (Wildman–Crippen LogP) is -1.29. The molecule has 0 N–H and O–H groups in total. The van der Waals surface area contributed by atoms with E-state index in [2.05, 4.69) is 10.1 Å². The molecule has 0 aliphatic carbocycles. The highest BCUT2D eigenvalue weighted by atomic mass is 32.2. The highest BCUT2D eigenvalue weighted by molar-refractivity contribution is 7.89. The normalized spacial score (nSPS) is 15.7. The van der Waals surface area contributed by atoms with Crippen LogP contribution in [0.15, 0.2) is 20.8 Å². The summed E-state index contributed by atoms with van der Waals surface area (Å²) in [7, 11) is 0.837. The van der Waals surface area contributed by atoms with Crippen molar-refractivity contribution in [2.75, 3.05) is 26.2 Å². The molecule has 0 radical (unpaired) electrons. The zero-order valence-corrected chi connectivity index (χ0v) is 20.7. The number of nitrogens with zero attached hydrogens (tertiary/aromatic N) is 8. The van der Waals surface area contributed by atoms with Crippen LogP contribution in [0.1, 0.15) is 17.8 Å². The molecule has 3 aromatic heterocycles.